The summed E-state index contributed by atoms with van der Waals surface area (Å²) >= 11 is 0. The number of benzene rings is 3. The summed E-state index contributed by atoms with van der Waals surface area (Å²) in [6.45, 7) is 15.5. The number of phenols is 1. The number of unbranched alkanes of at least 4 members (excludes halogenated alkanes) is 2. The minimum absolute atomic E-state index is 0.0981. The Kier molecular flexibility index (Phi) is 12.2. The molecular weight excluding hydrogens is 566 g/mol. The van der Waals surface area contributed by atoms with Crippen LogP contribution in [0.5, 0.6) is 5.75 Å². The Hall–Kier alpha value is -4.33. The fraction of sp³-hybridized carbons (Fsp3) is 0.432. The summed E-state index contributed by atoms with van der Waals surface area (Å²) in [6, 6.07) is 16.3. The van der Waals surface area contributed by atoms with E-state index >= 15 is 0 Å². The Morgan fingerprint density at radius 2 is 1.49 bits per heavy atom. The maximum absolute atomic E-state index is 14.7. The molecule has 0 saturated carbocycles. The zero-order chi connectivity index (χ0) is 33.3. The smallest absolute Gasteiger partial charge is 0.408 e. The number of anilines is 1. The van der Waals surface area contributed by atoms with Crippen LogP contribution in [0.2, 0.25) is 0 Å². The van der Waals surface area contributed by atoms with E-state index in [9.17, 15) is 19.5 Å². The highest BCUT2D eigenvalue weighted by Gasteiger charge is 2.36. The zero-order valence-electron chi connectivity index (χ0n) is 28.0. The number of ether oxygens (including phenoxy) is 1. The lowest BCUT2D eigenvalue weighted by molar-refractivity contribution is -0.140. The van der Waals surface area contributed by atoms with Gasteiger partial charge >= 0.3 is 6.09 Å². The lowest BCUT2D eigenvalue weighted by Crippen LogP contribution is -2.53. The number of nitrogens with one attached hydrogen (secondary N) is 2. The molecule has 45 heavy (non-hydrogen) atoms. The highest BCUT2D eigenvalue weighted by molar-refractivity contribution is 6.00. The summed E-state index contributed by atoms with van der Waals surface area (Å²) in [7, 11) is 0. The minimum atomic E-state index is -1.03. The Morgan fingerprint density at radius 3 is 2.04 bits per heavy atom. The molecule has 3 aromatic carbocycles. The zero-order valence-corrected chi connectivity index (χ0v) is 28.0. The van der Waals surface area contributed by atoms with Gasteiger partial charge in [0, 0.05) is 18.7 Å². The number of para-hydroxylation sites is 1. The second kappa shape index (κ2) is 15.6. The molecule has 0 radical (unpaired) electrons. The van der Waals surface area contributed by atoms with E-state index in [2.05, 4.69) is 17.6 Å². The molecule has 3 amide bonds. The van der Waals surface area contributed by atoms with Gasteiger partial charge in [0.1, 0.15) is 23.4 Å². The number of carbonyl (C=O) groups excluding carboxylic acids is 3. The molecule has 3 aromatic rings. The highest BCUT2D eigenvalue weighted by Crippen LogP contribution is 2.29. The number of aromatic hydroxyl groups is 1. The van der Waals surface area contributed by atoms with Crippen molar-refractivity contribution in [1.29, 1.82) is 0 Å². The van der Waals surface area contributed by atoms with Gasteiger partial charge in [0.15, 0.2) is 0 Å². The lowest BCUT2D eigenvalue weighted by Gasteiger charge is -2.35. The maximum atomic E-state index is 14.7. The van der Waals surface area contributed by atoms with Crippen LogP contribution in [0.4, 0.5) is 10.5 Å². The quantitative estimate of drug-likeness (QED) is 0.183. The van der Waals surface area contributed by atoms with Crippen molar-refractivity contribution < 1.29 is 24.2 Å². The first-order valence-corrected chi connectivity index (χ1v) is 15.7. The molecule has 0 heterocycles. The second-order valence-corrected chi connectivity index (χ2v) is 12.9. The molecule has 0 aliphatic carbocycles. The van der Waals surface area contributed by atoms with Crippen molar-refractivity contribution in [3.8, 4) is 5.75 Å². The monoisotopic (exact) mass is 615 g/mol. The van der Waals surface area contributed by atoms with Gasteiger partial charge in [-0.3, -0.25) is 9.59 Å². The molecule has 2 atom stereocenters. The third kappa shape index (κ3) is 10.4. The molecule has 0 spiro atoms. The Bertz CT molecular complexity index is 1440. The van der Waals surface area contributed by atoms with Crippen LogP contribution in [0.1, 0.15) is 86.4 Å². The third-order valence-corrected chi connectivity index (χ3v) is 7.50. The SMILES string of the molecule is CCCCCN(C(=O)C(Cc1ccc(O)cc1)NC(=O)OC(C)(C)C)C(C(=O)Nc1c(C)cccc1C)c1cc(C)cc(C)c1. The largest absolute Gasteiger partial charge is 0.508 e. The number of nitrogens with zero attached hydrogens (tertiary/aromatic N) is 1. The van der Waals surface area contributed by atoms with Crippen LogP contribution in [0.3, 0.4) is 0 Å². The maximum Gasteiger partial charge on any atom is 0.408 e. The van der Waals surface area contributed by atoms with Gasteiger partial charge in [0.05, 0.1) is 0 Å². The molecule has 0 aliphatic rings. The third-order valence-electron chi connectivity index (χ3n) is 7.50. The first kappa shape index (κ1) is 35.2. The van der Waals surface area contributed by atoms with Gasteiger partial charge in [-0.15, -0.1) is 0 Å². The molecule has 0 bridgehead atoms. The first-order valence-electron chi connectivity index (χ1n) is 15.7. The molecule has 0 saturated heterocycles. The number of hydrogen-bond acceptors (Lipinski definition) is 5. The van der Waals surface area contributed by atoms with Gasteiger partial charge in [-0.25, -0.2) is 4.79 Å². The fourth-order valence-electron chi connectivity index (χ4n) is 5.46. The number of amides is 3. The standard InChI is InChI=1S/C37H49N3O5/c1-9-10-11-19-40(35(43)31(38-36(44)45-37(6,7)8)23-28-15-17-30(41)18-16-28)33(29-21-24(2)20-25(3)22-29)34(42)39-32-26(4)13-12-14-27(32)5/h12-18,20-22,31,33,41H,9-11,19,23H2,1-8H3,(H,38,44)(H,39,42). The molecule has 3 N–H and O–H groups in total. The predicted octanol–water partition coefficient (Wildman–Crippen LogP) is 7.46. The number of rotatable bonds is 12. The fourth-order valence-corrected chi connectivity index (χ4v) is 5.46. The van der Waals surface area contributed by atoms with E-state index in [4.69, 9.17) is 4.74 Å². The van der Waals surface area contributed by atoms with Gasteiger partial charge in [-0.05, 0) is 89.3 Å². The lowest BCUT2D eigenvalue weighted by atomic mass is 9.96. The van der Waals surface area contributed by atoms with Gasteiger partial charge < -0.3 is 25.4 Å². The van der Waals surface area contributed by atoms with E-state index in [1.165, 1.54) is 0 Å². The highest BCUT2D eigenvalue weighted by atomic mass is 16.6. The van der Waals surface area contributed by atoms with Crippen molar-refractivity contribution in [3.05, 3.63) is 94.0 Å². The average Bonchev–Trinajstić information content (AvgIpc) is 2.93. The number of alkyl carbamates (subject to hydrolysis) is 1. The molecular formula is C37H49N3O5. The van der Waals surface area contributed by atoms with Crippen molar-refractivity contribution in [1.82, 2.24) is 10.2 Å². The number of aryl methyl sites for hydroxylation is 4. The van der Waals surface area contributed by atoms with Gasteiger partial charge in [-0.1, -0.05) is 79.4 Å². The van der Waals surface area contributed by atoms with Crippen molar-refractivity contribution in [2.45, 2.75) is 98.8 Å². The summed E-state index contributed by atoms with van der Waals surface area (Å²) < 4.78 is 5.54. The molecule has 0 aromatic heterocycles. The van der Waals surface area contributed by atoms with Gasteiger partial charge in [-0.2, -0.15) is 0 Å². The van der Waals surface area contributed by atoms with Crippen LogP contribution in [0, 0.1) is 27.7 Å². The molecule has 2 unspecified atom stereocenters. The number of phenolic OH excluding ortho intramolecular Hbond substituents is 1. The van der Waals surface area contributed by atoms with Crippen molar-refractivity contribution in [2.75, 3.05) is 11.9 Å². The Morgan fingerprint density at radius 1 is 0.889 bits per heavy atom. The van der Waals surface area contributed by atoms with Gasteiger partial charge in [0.2, 0.25) is 5.91 Å². The normalized spacial score (nSPS) is 12.6. The van der Waals surface area contributed by atoms with Crippen molar-refractivity contribution in [3.63, 3.8) is 0 Å². The van der Waals surface area contributed by atoms with Crippen molar-refractivity contribution >= 4 is 23.6 Å². The van der Waals surface area contributed by atoms with E-state index in [0.29, 0.717) is 24.2 Å². The summed E-state index contributed by atoms with van der Waals surface area (Å²) in [6.07, 6.45) is 1.89. The van der Waals surface area contributed by atoms with E-state index in [0.717, 1.165) is 40.7 Å². The van der Waals surface area contributed by atoms with E-state index in [1.54, 1.807) is 49.9 Å². The molecule has 3 rings (SSSR count). The average molecular weight is 616 g/mol. The summed E-state index contributed by atoms with van der Waals surface area (Å²) in [5.74, 6) is -0.630. The van der Waals surface area contributed by atoms with E-state index in [1.807, 2.05) is 64.1 Å². The second-order valence-electron chi connectivity index (χ2n) is 12.9. The molecule has 8 heteroatoms. The van der Waals surface area contributed by atoms with Crippen LogP contribution in [0.25, 0.3) is 0 Å². The van der Waals surface area contributed by atoms with Gasteiger partial charge in [0.25, 0.3) is 5.91 Å². The summed E-state index contributed by atoms with van der Waals surface area (Å²) in [5.41, 5.74) is 5.16. The first-order chi connectivity index (χ1) is 21.2. The minimum Gasteiger partial charge on any atom is -0.508 e. The Labute approximate surface area is 268 Å². The topological polar surface area (TPSA) is 108 Å². The van der Waals surface area contributed by atoms with E-state index in [-0.39, 0.29) is 18.1 Å². The van der Waals surface area contributed by atoms with Crippen molar-refractivity contribution in [2.24, 2.45) is 0 Å². The predicted molar refractivity (Wildman–Crippen MR) is 179 cm³/mol. The number of carbonyl (C=O) groups is 3. The van der Waals surface area contributed by atoms with Crippen LogP contribution < -0.4 is 10.6 Å². The summed E-state index contributed by atoms with van der Waals surface area (Å²) in [5, 5.41) is 15.8. The molecule has 0 fully saturated rings. The molecule has 242 valence electrons. The number of hydrogen-bond donors (Lipinski definition) is 3. The Balaban J connectivity index is 2.14. The van der Waals surface area contributed by atoms with Crippen LogP contribution >= 0.6 is 0 Å². The molecule has 0 aliphatic heterocycles. The van der Waals surface area contributed by atoms with E-state index < -0.39 is 29.7 Å². The van der Waals surface area contributed by atoms with Crippen LogP contribution in [-0.4, -0.2) is 46.1 Å². The van der Waals surface area contributed by atoms with Crippen LogP contribution in [-0.2, 0) is 20.7 Å². The summed E-state index contributed by atoms with van der Waals surface area (Å²) in [4.78, 5) is 43.8. The molecule has 8 nitrogen and oxygen atoms in total. The van der Waals surface area contributed by atoms with Crippen LogP contribution in [0.15, 0.2) is 60.7 Å².